The topological polar surface area (TPSA) is 49.9 Å². The first-order valence-corrected chi connectivity index (χ1v) is 6.69. The van der Waals surface area contributed by atoms with Crippen LogP contribution in [0.25, 0.3) is 5.57 Å². The van der Waals surface area contributed by atoms with Crippen molar-refractivity contribution >= 4 is 23.1 Å². The molecule has 0 bridgehead atoms. The summed E-state index contributed by atoms with van der Waals surface area (Å²) in [6.07, 6.45) is 2.57. The lowest BCUT2D eigenvalue weighted by molar-refractivity contribution is -0.134. The molecule has 0 N–H and O–H groups in total. The van der Waals surface area contributed by atoms with Crippen LogP contribution in [0.15, 0.2) is 36.0 Å². The van der Waals surface area contributed by atoms with Crippen LogP contribution in [0.2, 0.25) is 0 Å². The number of nitrogens with zero attached hydrogens (tertiary/aromatic N) is 2. The summed E-state index contributed by atoms with van der Waals surface area (Å²) >= 11 is 0. The Morgan fingerprint density at radius 2 is 1.81 bits per heavy atom. The van der Waals surface area contributed by atoms with Gasteiger partial charge >= 0.3 is 0 Å². The highest BCUT2D eigenvalue weighted by Crippen LogP contribution is 2.37. The Balaban J connectivity index is 2.04. The smallest absolute Gasteiger partial charge is 0.258 e. The van der Waals surface area contributed by atoms with Crippen molar-refractivity contribution < 1.29 is 14.3 Å². The Morgan fingerprint density at radius 3 is 2.43 bits per heavy atom. The van der Waals surface area contributed by atoms with Crippen LogP contribution >= 0.6 is 0 Å². The van der Waals surface area contributed by atoms with E-state index in [1.165, 1.54) is 17.1 Å². The molecule has 1 aromatic rings. The van der Waals surface area contributed by atoms with Gasteiger partial charge in [0, 0.05) is 43.6 Å². The van der Waals surface area contributed by atoms with E-state index >= 15 is 0 Å². The normalized spacial score (nSPS) is 17.2. The number of benzene rings is 1. The minimum Gasteiger partial charge on any atom is -0.487 e. The standard InChI is InChI=1S/C16H16N2O3/c1-10-12-5-4-11(17(2)3)8-14(12)21-9-13(10)18-15(19)6-7-16(18)20/h4-8H,9H2,1-3H3. The summed E-state index contributed by atoms with van der Waals surface area (Å²) in [4.78, 5) is 26.8. The Bertz CT molecular complexity index is 683. The van der Waals surface area contributed by atoms with Gasteiger partial charge in [-0.2, -0.15) is 0 Å². The summed E-state index contributed by atoms with van der Waals surface area (Å²) in [7, 11) is 3.93. The molecule has 0 fully saturated rings. The van der Waals surface area contributed by atoms with Crippen LogP contribution in [-0.2, 0) is 9.59 Å². The second-order valence-electron chi connectivity index (χ2n) is 5.28. The maximum absolute atomic E-state index is 11.8. The zero-order chi connectivity index (χ0) is 15.1. The van der Waals surface area contributed by atoms with Crippen molar-refractivity contribution in [1.29, 1.82) is 0 Å². The van der Waals surface area contributed by atoms with Gasteiger partial charge in [-0.15, -0.1) is 0 Å². The number of anilines is 1. The fraction of sp³-hybridized carbons (Fsp3) is 0.250. The van der Waals surface area contributed by atoms with Crippen molar-refractivity contribution in [1.82, 2.24) is 4.90 Å². The molecule has 21 heavy (non-hydrogen) atoms. The van der Waals surface area contributed by atoms with Gasteiger partial charge in [0.25, 0.3) is 11.8 Å². The number of hydrogen-bond donors (Lipinski definition) is 0. The fourth-order valence-corrected chi connectivity index (χ4v) is 2.53. The molecule has 0 saturated carbocycles. The monoisotopic (exact) mass is 284 g/mol. The molecule has 5 heteroatoms. The van der Waals surface area contributed by atoms with Gasteiger partial charge in [0.1, 0.15) is 12.4 Å². The summed E-state index contributed by atoms with van der Waals surface area (Å²) in [5, 5.41) is 0. The van der Waals surface area contributed by atoms with Gasteiger partial charge in [-0.05, 0) is 24.6 Å². The number of allylic oxidation sites excluding steroid dienone is 1. The molecule has 0 atom stereocenters. The lowest BCUT2D eigenvalue weighted by atomic mass is 10.0. The van der Waals surface area contributed by atoms with Crippen molar-refractivity contribution in [3.63, 3.8) is 0 Å². The molecule has 2 amide bonds. The molecule has 5 nitrogen and oxygen atoms in total. The molecule has 2 heterocycles. The molecule has 0 aliphatic carbocycles. The molecule has 108 valence electrons. The number of rotatable bonds is 2. The predicted molar refractivity (Wildman–Crippen MR) is 79.9 cm³/mol. The van der Waals surface area contributed by atoms with Gasteiger partial charge in [-0.1, -0.05) is 0 Å². The lowest BCUT2D eigenvalue weighted by Gasteiger charge is -2.27. The number of imide groups is 1. The minimum absolute atomic E-state index is 0.217. The summed E-state index contributed by atoms with van der Waals surface area (Å²) in [6.45, 7) is 2.12. The van der Waals surface area contributed by atoms with E-state index in [0.29, 0.717) is 5.70 Å². The van der Waals surface area contributed by atoms with Crippen molar-refractivity contribution in [2.24, 2.45) is 0 Å². The molecule has 0 spiro atoms. The summed E-state index contributed by atoms with van der Waals surface area (Å²) < 4.78 is 5.75. The molecule has 0 aromatic heterocycles. The summed E-state index contributed by atoms with van der Waals surface area (Å²) in [5.41, 5.74) is 3.46. The predicted octanol–water partition coefficient (Wildman–Crippen LogP) is 1.80. The third-order valence-corrected chi connectivity index (χ3v) is 3.76. The number of hydrogen-bond acceptors (Lipinski definition) is 4. The number of carbonyl (C=O) groups is 2. The van der Waals surface area contributed by atoms with E-state index in [1.54, 1.807) is 0 Å². The van der Waals surface area contributed by atoms with Crippen LogP contribution in [0.5, 0.6) is 5.75 Å². The van der Waals surface area contributed by atoms with E-state index in [4.69, 9.17) is 4.74 Å². The second-order valence-corrected chi connectivity index (χ2v) is 5.28. The molecule has 0 radical (unpaired) electrons. The van der Waals surface area contributed by atoms with Crippen LogP contribution in [0.3, 0.4) is 0 Å². The van der Waals surface area contributed by atoms with E-state index < -0.39 is 0 Å². The first kappa shape index (κ1) is 13.4. The van der Waals surface area contributed by atoms with Gasteiger partial charge in [0.15, 0.2) is 0 Å². The van der Waals surface area contributed by atoms with Crippen LogP contribution in [-0.4, -0.2) is 37.4 Å². The largest absolute Gasteiger partial charge is 0.487 e. The van der Waals surface area contributed by atoms with Crippen LogP contribution < -0.4 is 9.64 Å². The van der Waals surface area contributed by atoms with E-state index in [0.717, 1.165) is 22.6 Å². The van der Waals surface area contributed by atoms with Crippen LogP contribution in [0.4, 0.5) is 5.69 Å². The number of fused-ring (bicyclic) bond motifs is 1. The van der Waals surface area contributed by atoms with Gasteiger partial charge in [0.05, 0.1) is 5.70 Å². The van der Waals surface area contributed by atoms with Crippen LogP contribution in [0.1, 0.15) is 12.5 Å². The van der Waals surface area contributed by atoms with Gasteiger partial charge in [-0.3, -0.25) is 9.59 Å². The highest BCUT2D eigenvalue weighted by atomic mass is 16.5. The first-order valence-electron chi connectivity index (χ1n) is 6.69. The SMILES string of the molecule is CC1=C(N2C(=O)C=CC2=O)COc2cc(N(C)C)ccc21. The third kappa shape index (κ3) is 2.11. The van der Waals surface area contributed by atoms with E-state index in [-0.39, 0.29) is 18.4 Å². The molecule has 2 aliphatic heterocycles. The Labute approximate surface area is 123 Å². The van der Waals surface area contributed by atoms with E-state index in [2.05, 4.69) is 0 Å². The average molecular weight is 284 g/mol. The van der Waals surface area contributed by atoms with Gasteiger partial charge in [0.2, 0.25) is 0 Å². The Kier molecular flexibility index (Phi) is 3.05. The van der Waals surface area contributed by atoms with Gasteiger partial charge in [-0.25, -0.2) is 4.90 Å². The summed E-state index contributed by atoms with van der Waals surface area (Å²) in [5.74, 6) is 0.145. The van der Waals surface area contributed by atoms with Crippen molar-refractivity contribution in [3.05, 3.63) is 41.6 Å². The zero-order valence-corrected chi connectivity index (χ0v) is 12.2. The average Bonchev–Trinajstić information content (AvgIpc) is 2.79. The molecular formula is C16H16N2O3. The van der Waals surface area contributed by atoms with Crippen molar-refractivity contribution in [2.75, 3.05) is 25.6 Å². The number of ether oxygens (including phenoxy) is 1. The van der Waals surface area contributed by atoms with Crippen LogP contribution in [0, 0.1) is 0 Å². The zero-order valence-electron chi connectivity index (χ0n) is 12.2. The fourth-order valence-electron chi connectivity index (χ4n) is 2.53. The Hall–Kier alpha value is -2.56. The quantitative estimate of drug-likeness (QED) is 0.777. The van der Waals surface area contributed by atoms with Crippen molar-refractivity contribution in [2.45, 2.75) is 6.92 Å². The maximum Gasteiger partial charge on any atom is 0.258 e. The maximum atomic E-state index is 11.8. The number of carbonyl (C=O) groups excluding carboxylic acids is 2. The molecule has 1 aromatic carbocycles. The highest BCUT2D eigenvalue weighted by Gasteiger charge is 2.31. The van der Waals surface area contributed by atoms with Crippen molar-refractivity contribution in [3.8, 4) is 5.75 Å². The molecule has 0 saturated heterocycles. The lowest BCUT2D eigenvalue weighted by Crippen LogP contribution is -2.34. The molecule has 0 unspecified atom stereocenters. The van der Waals surface area contributed by atoms with E-state index in [9.17, 15) is 9.59 Å². The molecule has 3 rings (SSSR count). The molecule has 2 aliphatic rings. The Morgan fingerprint density at radius 1 is 1.14 bits per heavy atom. The number of amides is 2. The summed E-state index contributed by atoms with van der Waals surface area (Å²) in [6, 6.07) is 5.90. The van der Waals surface area contributed by atoms with E-state index in [1.807, 2.05) is 44.1 Å². The highest BCUT2D eigenvalue weighted by molar-refractivity contribution is 6.15. The molecular weight excluding hydrogens is 268 g/mol. The van der Waals surface area contributed by atoms with Gasteiger partial charge < -0.3 is 9.64 Å². The third-order valence-electron chi connectivity index (χ3n) is 3.76. The first-order chi connectivity index (χ1) is 9.99. The minimum atomic E-state index is -0.314. The second kappa shape index (κ2) is 4.77.